The van der Waals surface area contributed by atoms with Gasteiger partial charge in [0.25, 0.3) is 0 Å². The average Bonchev–Trinajstić information content (AvgIpc) is 3.18. The number of esters is 2. The van der Waals surface area contributed by atoms with E-state index in [2.05, 4.69) is 11.8 Å². The number of carbonyl (C=O) groups is 2. The van der Waals surface area contributed by atoms with Gasteiger partial charge in [0, 0.05) is 63.7 Å². The number of likely N-dealkylation sites (tertiary alicyclic amines) is 1. The number of likely N-dealkylation sites (N-methyl/N-ethyl adjacent to an activating group) is 1. The molecule has 37 heavy (non-hydrogen) atoms. The minimum Gasteiger partial charge on any atom is -0.462 e. The van der Waals surface area contributed by atoms with Crippen LogP contribution in [0.5, 0.6) is 0 Å². The molecule has 6 aliphatic rings. The largest absolute Gasteiger partial charge is 0.462 e. The number of fused-ring (bicyclic) bond motifs is 2. The van der Waals surface area contributed by atoms with Gasteiger partial charge >= 0.3 is 11.9 Å². The summed E-state index contributed by atoms with van der Waals surface area (Å²) >= 11 is 0. The fourth-order valence-electron chi connectivity index (χ4n) is 11.1. The van der Waals surface area contributed by atoms with Crippen LogP contribution in [0.2, 0.25) is 0 Å². The Kier molecular flexibility index (Phi) is 5.53. The highest BCUT2D eigenvalue weighted by molar-refractivity contribution is 5.67. The van der Waals surface area contributed by atoms with Gasteiger partial charge in [-0.05, 0) is 38.1 Å². The number of rotatable bonds is 6. The molecule has 1 spiro atoms. The molecule has 1 heterocycles. The van der Waals surface area contributed by atoms with Crippen molar-refractivity contribution in [2.24, 2.45) is 28.6 Å². The van der Waals surface area contributed by atoms with Crippen LogP contribution in [-0.2, 0) is 28.5 Å². The molecule has 1 saturated heterocycles. The number of aliphatic hydroxyl groups is 3. The minimum absolute atomic E-state index is 0.0796. The normalized spacial score (nSPS) is 55.2. The van der Waals surface area contributed by atoms with E-state index >= 15 is 0 Å². The van der Waals surface area contributed by atoms with E-state index in [-0.39, 0.29) is 30.3 Å². The Labute approximate surface area is 217 Å². The lowest BCUT2D eigenvalue weighted by molar-refractivity contribution is -0.366. The molecule has 0 aromatic heterocycles. The van der Waals surface area contributed by atoms with Gasteiger partial charge in [0.15, 0.2) is 0 Å². The summed E-state index contributed by atoms with van der Waals surface area (Å²) in [6, 6.07) is -0.478. The molecule has 10 heteroatoms. The van der Waals surface area contributed by atoms with E-state index in [0.29, 0.717) is 19.6 Å². The smallest absolute Gasteiger partial charge is 0.303 e. The Morgan fingerprint density at radius 3 is 2.32 bits per heavy atom. The fourth-order valence-corrected chi connectivity index (χ4v) is 11.1. The number of piperidine rings is 1. The highest BCUT2D eigenvalue weighted by Gasteiger charge is 2.93. The van der Waals surface area contributed by atoms with E-state index in [1.165, 1.54) is 13.8 Å². The lowest BCUT2D eigenvalue weighted by Crippen LogP contribution is -2.87. The summed E-state index contributed by atoms with van der Waals surface area (Å²) < 4.78 is 23.5. The van der Waals surface area contributed by atoms with Crippen LogP contribution in [0.3, 0.4) is 0 Å². The molecule has 12 atom stereocenters. The van der Waals surface area contributed by atoms with E-state index in [9.17, 15) is 24.9 Å². The first-order valence-electron chi connectivity index (χ1n) is 13.7. The Morgan fingerprint density at radius 1 is 1.03 bits per heavy atom. The molecule has 3 N–H and O–H groups in total. The maximum Gasteiger partial charge on any atom is 0.303 e. The number of methoxy groups -OCH3 is 2. The number of hydrogen-bond acceptors (Lipinski definition) is 10. The summed E-state index contributed by atoms with van der Waals surface area (Å²) in [5, 5.41) is 38.4. The predicted octanol–water partition coefficient (Wildman–Crippen LogP) is 0.249. The second-order valence-corrected chi connectivity index (χ2v) is 12.7. The van der Waals surface area contributed by atoms with Crippen LogP contribution < -0.4 is 0 Å². The summed E-state index contributed by atoms with van der Waals surface area (Å²) in [6.45, 7) is 6.51. The molecule has 1 aliphatic heterocycles. The van der Waals surface area contributed by atoms with Crippen LogP contribution in [0.4, 0.5) is 0 Å². The number of carbonyl (C=O) groups excluding carboxylic acids is 2. The fraction of sp³-hybridized carbons (Fsp3) is 0.926. The van der Waals surface area contributed by atoms with Crippen molar-refractivity contribution in [2.45, 2.75) is 94.0 Å². The molecule has 0 unspecified atom stereocenters. The number of hydrogen-bond donors (Lipinski definition) is 3. The lowest BCUT2D eigenvalue weighted by Gasteiger charge is -2.72. The maximum absolute atomic E-state index is 12.9. The lowest BCUT2D eigenvalue weighted by atomic mass is 9.41. The molecule has 208 valence electrons. The second kappa shape index (κ2) is 7.88. The third-order valence-electron chi connectivity index (χ3n) is 11.7. The highest BCUT2D eigenvalue weighted by Crippen LogP contribution is 2.81. The van der Waals surface area contributed by atoms with Gasteiger partial charge in [0.1, 0.15) is 29.0 Å². The maximum atomic E-state index is 12.9. The average molecular weight is 524 g/mol. The van der Waals surface area contributed by atoms with E-state index in [4.69, 9.17) is 18.9 Å². The predicted molar refractivity (Wildman–Crippen MR) is 128 cm³/mol. The van der Waals surface area contributed by atoms with Crippen LogP contribution in [0.1, 0.15) is 52.9 Å². The van der Waals surface area contributed by atoms with E-state index in [1.54, 1.807) is 14.2 Å². The quantitative estimate of drug-likeness (QED) is 0.416. The standard InChI is InChI=1S/C27H41NO9/c1-6-28-12-23(13-34-4)8-7-20(35-5)26-18-9-16-17(36-14(2)29)10-25(32,24(31,22(26)28)11-19(23)26)27(18,33)21(16)37-15(3)30/h16-22,31-33H,6-13H2,1-5H3/t16-,17+,18+,19-,20+,21+,22-,23+,24+,25+,26-,27+/m1/s1. The van der Waals surface area contributed by atoms with Crippen molar-refractivity contribution in [3.8, 4) is 0 Å². The van der Waals surface area contributed by atoms with E-state index < -0.39 is 64.2 Å². The molecule has 6 rings (SSSR count). The summed E-state index contributed by atoms with van der Waals surface area (Å²) in [5.74, 6) is -2.24. The van der Waals surface area contributed by atoms with Gasteiger partial charge in [-0.15, -0.1) is 0 Å². The first-order valence-corrected chi connectivity index (χ1v) is 13.7. The summed E-state index contributed by atoms with van der Waals surface area (Å²) in [7, 11) is 3.38. The van der Waals surface area contributed by atoms with Crippen molar-refractivity contribution >= 4 is 11.9 Å². The van der Waals surface area contributed by atoms with Crippen LogP contribution in [-0.4, -0.2) is 107 Å². The molecule has 7 bridgehead atoms. The molecule has 0 aromatic carbocycles. The molecule has 0 radical (unpaired) electrons. The van der Waals surface area contributed by atoms with Gasteiger partial charge in [0.2, 0.25) is 0 Å². The van der Waals surface area contributed by atoms with Crippen LogP contribution in [0.15, 0.2) is 0 Å². The van der Waals surface area contributed by atoms with Crippen molar-refractivity contribution < 1.29 is 43.9 Å². The zero-order chi connectivity index (χ0) is 26.8. The van der Waals surface area contributed by atoms with Crippen molar-refractivity contribution in [1.29, 1.82) is 0 Å². The third-order valence-corrected chi connectivity index (χ3v) is 11.7. The molecular formula is C27H41NO9. The van der Waals surface area contributed by atoms with Gasteiger partial charge in [-0.1, -0.05) is 6.92 Å². The molecular weight excluding hydrogens is 482 g/mol. The van der Waals surface area contributed by atoms with Crippen molar-refractivity contribution in [2.75, 3.05) is 33.9 Å². The van der Waals surface area contributed by atoms with Crippen molar-refractivity contribution in [1.82, 2.24) is 4.90 Å². The van der Waals surface area contributed by atoms with E-state index in [0.717, 1.165) is 19.4 Å². The Bertz CT molecular complexity index is 1010. The first kappa shape index (κ1) is 26.0. The molecule has 10 nitrogen and oxygen atoms in total. The van der Waals surface area contributed by atoms with Gasteiger partial charge in [0.05, 0.1) is 18.8 Å². The second-order valence-electron chi connectivity index (χ2n) is 12.7. The van der Waals surface area contributed by atoms with Gasteiger partial charge < -0.3 is 34.3 Å². The summed E-state index contributed by atoms with van der Waals surface area (Å²) in [5.41, 5.74) is -6.74. The van der Waals surface area contributed by atoms with Crippen molar-refractivity contribution in [3.05, 3.63) is 0 Å². The molecule has 0 aromatic rings. The molecule has 5 aliphatic carbocycles. The zero-order valence-corrected chi connectivity index (χ0v) is 22.4. The minimum atomic E-state index is -2.07. The van der Waals surface area contributed by atoms with Crippen LogP contribution in [0.25, 0.3) is 0 Å². The highest BCUT2D eigenvalue weighted by atomic mass is 16.6. The Morgan fingerprint density at radius 2 is 1.73 bits per heavy atom. The molecule has 6 fully saturated rings. The van der Waals surface area contributed by atoms with E-state index in [1.807, 2.05) is 0 Å². The van der Waals surface area contributed by atoms with Gasteiger partial charge in [-0.25, -0.2) is 0 Å². The first-order chi connectivity index (χ1) is 17.4. The number of nitrogens with zero attached hydrogens (tertiary/aromatic N) is 1. The monoisotopic (exact) mass is 523 g/mol. The van der Waals surface area contributed by atoms with Gasteiger partial charge in [-0.3, -0.25) is 14.5 Å². The molecule has 0 amide bonds. The zero-order valence-electron chi connectivity index (χ0n) is 22.4. The third kappa shape index (κ3) is 2.68. The summed E-state index contributed by atoms with van der Waals surface area (Å²) in [6.07, 6.45) is -0.0889. The Balaban J connectivity index is 1.63. The van der Waals surface area contributed by atoms with Crippen LogP contribution in [0, 0.1) is 28.6 Å². The Hall–Kier alpha value is -1.30. The number of ether oxygens (including phenoxy) is 4. The topological polar surface area (TPSA) is 135 Å². The SMILES string of the molecule is CCN1C[C@]2(COC)CC[C@H](OC)[C@@]34[C@@H]2C[C@](O)([C@@H]13)[C@@]1(O)C[C@H](OC(C)=O)[C@H]2C[C@@H]4[C@]1(O)[C@H]2OC(C)=O. The van der Waals surface area contributed by atoms with Crippen molar-refractivity contribution in [3.63, 3.8) is 0 Å². The summed E-state index contributed by atoms with van der Waals surface area (Å²) in [4.78, 5) is 26.7. The molecule has 5 saturated carbocycles. The van der Waals surface area contributed by atoms with Crippen LogP contribution >= 0.6 is 0 Å². The van der Waals surface area contributed by atoms with Gasteiger partial charge in [-0.2, -0.15) is 0 Å².